The van der Waals surface area contributed by atoms with Crippen molar-refractivity contribution in [2.45, 2.75) is 38.9 Å². The number of imidazole rings is 1. The number of fused-ring (bicyclic) bond motifs is 2. The number of benzene rings is 1. The van der Waals surface area contributed by atoms with Gasteiger partial charge in [-0.15, -0.1) is 0 Å². The van der Waals surface area contributed by atoms with Gasteiger partial charge in [0.25, 0.3) is 0 Å². The number of hydrogen-bond donors (Lipinski definition) is 2. The van der Waals surface area contributed by atoms with E-state index in [1.807, 2.05) is 24.5 Å². The van der Waals surface area contributed by atoms with Crippen LogP contribution in [0.4, 0.5) is 18.9 Å². The summed E-state index contributed by atoms with van der Waals surface area (Å²) in [6.07, 6.45) is 1.94. The maximum Gasteiger partial charge on any atom is 0.405 e. The lowest BCUT2D eigenvalue weighted by atomic mass is 10.0. The fourth-order valence-electron chi connectivity index (χ4n) is 5.60. The highest BCUT2D eigenvalue weighted by Crippen LogP contribution is 2.32. The molecule has 4 aromatic heterocycles. The third-order valence-electron chi connectivity index (χ3n) is 8.05. The van der Waals surface area contributed by atoms with Crippen LogP contribution in [0.2, 0.25) is 0 Å². The van der Waals surface area contributed by atoms with Crippen molar-refractivity contribution in [1.82, 2.24) is 39.7 Å². The maximum absolute atomic E-state index is 12.8. The lowest BCUT2D eigenvalue weighted by Gasteiger charge is -2.34. The van der Waals surface area contributed by atoms with E-state index >= 15 is 0 Å². The topological polar surface area (TPSA) is 108 Å². The number of anilines is 1. The van der Waals surface area contributed by atoms with Crippen molar-refractivity contribution in [3.05, 3.63) is 54.7 Å². The Bertz CT molecular complexity index is 1790. The monoisotopic (exact) mass is 605 g/mol. The first-order valence-electron chi connectivity index (χ1n) is 14.7. The van der Waals surface area contributed by atoms with Crippen molar-refractivity contribution >= 4 is 33.8 Å². The van der Waals surface area contributed by atoms with E-state index in [1.165, 1.54) is 5.69 Å². The van der Waals surface area contributed by atoms with Gasteiger partial charge in [-0.3, -0.25) is 4.79 Å². The van der Waals surface area contributed by atoms with Crippen molar-refractivity contribution in [2.75, 3.05) is 44.7 Å². The standard InChI is InChI=1S/C31H34F3N9O/c1-4-5-26-39-25-17-37-28(40-29(25)43(26)19(2)30(44)38-18-31(32,33)34)24-16-36-27-23(24)14-21(15-35-27)20-6-8-22(9-7-20)42-12-10-41(3)11-13-42/h6-9,14-17,19H,4-5,10-13,18H2,1-3H3,(H,35,36)(H,38,44). The predicted molar refractivity (Wildman–Crippen MR) is 163 cm³/mol. The minimum absolute atomic E-state index is 0.381. The number of nitrogens with zero attached hydrogens (tertiary/aromatic N) is 7. The fraction of sp³-hybridized carbons (Fsp3) is 0.387. The molecule has 1 fully saturated rings. The van der Waals surface area contributed by atoms with Crippen molar-refractivity contribution < 1.29 is 18.0 Å². The number of carbonyl (C=O) groups is 1. The molecular formula is C31H34F3N9O. The van der Waals surface area contributed by atoms with Gasteiger partial charge >= 0.3 is 6.18 Å². The van der Waals surface area contributed by atoms with Crippen LogP contribution in [0.5, 0.6) is 0 Å². The molecule has 0 aliphatic carbocycles. The molecule has 230 valence electrons. The van der Waals surface area contributed by atoms with Crippen LogP contribution >= 0.6 is 0 Å². The highest BCUT2D eigenvalue weighted by molar-refractivity contribution is 5.95. The highest BCUT2D eigenvalue weighted by Gasteiger charge is 2.30. The number of aryl methyl sites for hydroxylation is 1. The number of pyridine rings is 1. The van der Waals surface area contributed by atoms with Gasteiger partial charge in [-0.05, 0) is 44.2 Å². The van der Waals surface area contributed by atoms with E-state index in [0.717, 1.165) is 49.1 Å². The third-order valence-corrected chi connectivity index (χ3v) is 8.05. The third kappa shape index (κ3) is 5.96. The molecule has 1 saturated heterocycles. The van der Waals surface area contributed by atoms with Gasteiger partial charge in [0.2, 0.25) is 5.91 Å². The smallest absolute Gasteiger partial charge is 0.369 e. The number of piperazine rings is 1. The molecule has 13 heteroatoms. The molecule has 1 atom stereocenters. The lowest BCUT2D eigenvalue weighted by molar-refractivity contribution is -0.140. The van der Waals surface area contributed by atoms with Gasteiger partial charge in [0.05, 0.1) is 6.20 Å². The number of aromatic nitrogens is 6. The number of carbonyl (C=O) groups excluding carboxylic acids is 1. The number of nitrogens with one attached hydrogen (secondary N) is 2. The molecule has 2 N–H and O–H groups in total. The summed E-state index contributed by atoms with van der Waals surface area (Å²) in [6, 6.07) is 9.56. The van der Waals surface area contributed by atoms with Crippen LogP contribution in [-0.4, -0.2) is 86.2 Å². The minimum atomic E-state index is -4.51. The molecule has 44 heavy (non-hydrogen) atoms. The molecule has 1 aliphatic rings. The number of halogens is 3. The van der Waals surface area contributed by atoms with Crippen molar-refractivity contribution in [3.63, 3.8) is 0 Å². The zero-order valence-corrected chi connectivity index (χ0v) is 24.8. The van der Waals surface area contributed by atoms with E-state index < -0.39 is 24.7 Å². The summed E-state index contributed by atoms with van der Waals surface area (Å²) in [5.41, 5.74) is 5.39. The number of rotatable bonds is 8. The SMILES string of the molecule is CCCc1nc2cnc(-c3c[nH]c4ncc(-c5ccc(N6CCN(C)CC6)cc5)cc34)nc2n1C(C)C(=O)NCC(F)(F)F. The van der Waals surface area contributed by atoms with Gasteiger partial charge < -0.3 is 24.7 Å². The molecular weight excluding hydrogens is 571 g/mol. The molecule has 0 saturated carbocycles. The van der Waals surface area contributed by atoms with Gasteiger partial charge in [-0.1, -0.05) is 19.1 Å². The van der Waals surface area contributed by atoms with E-state index in [1.54, 1.807) is 23.9 Å². The van der Waals surface area contributed by atoms with Crippen molar-refractivity contribution in [3.8, 4) is 22.5 Å². The van der Waals surface area contributed by atoms with Crippen LogP contribution in [0.3, 0.4) is 0 Å². The number of hydrogen-bond acceptors (Lipinski definition) is 7. The van der Waals surface area contributed by atoms with Crippen LogP contribution in [0.1, 0.15) is 32.1 Å². The number of likely N-dealkylation sites (N-methyl/N-ethyl adjacent to an activating group) is 1. The lowest BCUT2D eigenvalue weighted by Crippen LogP contribution is -2.44. The Morgan fingerprint density at radius 1 is 1.05 bits per heavy atom. The zero-order chi connectivity index (χ0) is 31.0. The largest absolute Gasteiger partial charge is 0.405 e. The number of aromatic amines is 1. The van der Waals surface area contributed by atoms with Gasteiger partial charge in [0.15, 0.2) is 11.5 Å². The first-order chi connectivity index (χ1) is 21.1. The molecule has 1 amide bonds. The number of amides is 1. The van der Waals surface area contributed by atoms with Gasteiger partial charge in [0, 0.05) is 67.2 Å². The van der Waals surface area contributed by atoms with E-state index in [9.17, 15) is 18.0 Å². The summed E-state index contributed by atoms with van der Waals surface area (Å²) in [5.74, 6) is 0.186. The minimum Gasteiger partial charge on any atom is -0.369 e. The summed E-state index contributed by atoms with van der Waals surface area (Å²) in [4.78, 5) is 39.2. The first-order valence-corrected chi connectivity index (χ1v) is 14.7. The molecule has 1 unspecified atom stereocenters. The molecule has 1 aliphatic heterocycles. The van der Waals surface area contributed by atoms with Crippen LogP contribution in [0.15, 0.2) is 48.9 Å². The van der Waals surface area contributed by atoms with Crippen LogP contribution in [0.25, 0.3) is 44.7 Å². The van der Waals surface area contributed by atoms with Gasteiger partial charge in [0.1, 0.15) is 29.6 Å². The highest BCUT2D eigenvalue weighted by atomic mass is 19.4. The summed E-state index contributed by atoms with van der Waals surface area (Å²) < 4.78 is 40.0. The molecule has 5 heterocycles. The average molecular weight is 606 g/mol. The van der Waals surface area contributed by atoms with Crippen LogP contribution in [-0.2, 0) is 11.2 Å². The molecule has 0 bridgehead atoms. The van der Waals surface area contributed by atoms with E-state index in [0.29, 0.717) is 40.4 Å². The normalized spacial score (nSPS) is 15.3. The summed E-state index contributed by atoms with van der Waals surface area (Å²) in [7, 11) is 2.14. The molecule has 6 rings (SSSR count). The Balaban J connectivity index is 1.33. The Morgan fingerprint density at radius 2 is 1.80 bits per heavy atom. The Labute approximate surface area is 252 Å². The van der Waals surface area contributed by atoms with E-state index in [-0.39, 0.29) is 0 Å². The second kappa shape index (κ2) is 11.9. The number of H-pyrrole nitrogens is 1. The van der Waals surface area contributed by atoms with E-state index in [4.69, 9.17) is 4.98 Å². The molecule has 10 nitrogen and oxygen atoms in total. The number of alkyl halides is 3. The van der Waals surface area contributed by atoms with Crippen LogP contribution in [0, 0.1) is 0 Å². The van der Waals surface area contributed by atoms with Crippen molar-refractivity contribution in [2.24, 2.45) is 0 Å². The predicted octanol–water partition coefficient (Wildman–Crippen LogP) is 4.98. The Hall–Kier alpha value is -4.52. The van der Waals surface area contributed by atoms with E-state index in [2.05, 4.69) is 61.0 Å². The molecule has 0 radical (unpaired) electrons. The van der Waals surface area contributed by atoms with Gasteiger partial charge in [-0.2, -0.15) is 13.2 Å². The first kappa shape index (κ1) is 29.5. The maximum atomic E-state index is 12.8. The summed E-state index contributed by atoms with van der Waals surface area (Å²) in [5, 5.41) is 2.80. The summed E-state index contributed by atoms with van der Waals surface area (Å²) in [6.45, 7) is 6.17. The molecule has 5 aromatic rings. The van der Waals surface area contributed by atoms with Crippen molar-refractivity contribution in [1.29, 1.82) is 0 Å². The zero-order valence-electron chi connectivity index (χ0n) is 24.8. The average Bonchev–Trinajstić information content (AvgIpc) is 3.60. The molecule has 0 spiro atoms. The summed E-state index contributed by atoms with van der Waals surface area (Å²) >= 11 is 0. The quantitative estimate of drug-likeness (QED) is 0.257. The Morgan fingerprint density at radius 3 is 2.50 bits per heavy atom. The second-order valence-corrected chi connectivity index (χ2v) is 11.2. The van der Waals surface area contributed by atoms with Gasteiger partial charge in [-0.25, -0.2) is 19.9 Å². The molecule has 1 aromatic carbocycles. The van der Waals surface area contributed by atoms with Crippen LogP contribution < -0.4 is 10.2 Å². The fourth-order valence-corrected chi connectivity index (χ4v) is 5.60. The second-order valence-electron chi connectivity index (χ2n) is 11.2. The Kier molecular flexibility index (Phi) is 7.97.